The molecule has 0 heteroatoms. The highest BCUT2D eigenvalue weighted by molar-refractivity contribution is 5.86. The number of hydrogen-bond acceptors (Lipinski definition) is 0. The first-order valence-electron chi connectivity index (χ1n) is 7.47. The topological polar surface area (TPSA) is 0 Å². The molecular weight excluding hydrogens is 180 g/mol. The molecule has 0 aromatic carbocycles. The molecule has 0 bridgehead atoms. The van der Waals surface area contributed by atoms with Crippen molar-refractivity contribution in [2.75, 3.05) is 0 Å². The van der Waals surface area contributed by atoms with Crippen LogP contribution in [0.5, 0.6) is 0 Å². The summed E-state index contributed by atoms with van der Waals surface area (Å²) >= 11 is 0. The summed E-state index contributed by atoms with van der Waals surface area (Å²) < 4.78 is 0. The first-order valence-corrected chi connectivity index (χ1v) is 7.47. The molecule has 0 radical (unpaired) electrons. The monoisotopic (exact) mass is 190 g/mol. The normalized spacial score (nSPS) is 136. The highest BCUT2D eigenvalue weighted by Crippen LogP contribution is 3.42. The highest BCUT2D eigenvalue weighted by Gasteiger charge is 3.41. The summed E-state index contributed by atoms with van der Waals surface area (Å²) in [6, 6.07) is 0. The second-order valence-electron chi connectivity index (χ2n) is 9.60. The van der Waals surface area contributed by atoms with Gasteiger partial charge in [-0.15, -0.1) is 0 Å². The molecule has 15 heavy (non-hydrogen) atoms. The lowest BCUT2D eigenvalue weighted by molar-refractivity contribution is -0.597. The number of fused-ring (bicyclic) bond motifs is 10. The van der Waals surface area contributed by atoms with Gasteiger partial charge in [0.15, 0.2) is 0 Å². The standard InChI is InChI=1S/C15H10/c1-2-4-5-3(1)13-8-6-7-9-10(8)15(5,13)14(4,9)12(2,7)11(1,6)13/h1-10H. The van der Waals surface area contributed by atoms with E-state index in [4.69, 9.17) is 0 Å². The third-order valence-corrected chi connectivity index (χ3v) is 12.5. The molecule has 10 rings (SSSR count). The molecule has 70 valence electrons. The van der Waals surface area contributed by atoms with E-state index in [1.807, 2.05) is 0 Å². The van der Waals surface area contributed by atoms with E-state index in [1.165, 1.54) is 59.2 Å². The molecule has 10 saturated carbocycles. The quantitative estimate of drug-likeness (QED) is 0.539. The lowest BCUT2D eigenvalue weighted by atomic mass is 8.98. The van der Waals surface area contributed by atoms with Crippen LogP contribution in [0.4, 0.5) is 0 Å². The van der Waals surface area contributed by atoms with Crippen LogP contribution in [0.15, 0.2) is 0 Å². The molecule has 0 atom stereocenters. The van der Waals surface area contributed by atoms with E-state index >= 15 is 0 Å². The first-order chi connectivity index (χ1) is 7.47. The van der Waals surface area contributed by atoms with Crippen molar-refractivity contribution in [3.05, 3.63) is 0 Å². The van der Waals surface area contributed by atoms with Gasteiger partial charge < -0.3 is 0 Å². The molecule has 0 aliphatic heterocycles. The molecule has 0 unspecified atom stereocenters. The minimum atomic E-state index is 1.15. The van der Waals surface area contributed by atoms with E-state index in [9.17, 15) is 0 Å². The second kappa shape index (κ2) is 0.657. The Morgan fingerprint density at radius 3 is 0.533 bits per heavy atom. The van der Waals surface area contributed by atoms with Crippen LogP contribution in [0.2, 0.25) is 0 Å². The van der Waals surface area contributed by atoms with E-state index in [2.05, 4.69) is 0 Å². The Kier molecular flexibility index (Phi) is 0.206. The average molecular weight is 190 g/mol. The predicted octanol–water partition coefficient (Wildman–Crippen LogP) is 1.23. The minimum Gasteiger partial charge on any atom is -0.0269 e. The molecule has 0 aromatic rings. The van der Waals surface area contributed by atoms with E-state index in [0.29, 0.717) is 0 Å². The molecule has 5 spiro atoms. The fraction of sp³-hybridized carbons (Fsp3) is 1.00. The molecular formula is C15H10. The third-order valence-electron chi connectivity index (χ3n) is 12.5. The fourth-order valence-electron chi connectivity index (χ4n) is 15.3. The summed E-state index contributed by atoms with van der Waals surface area (Å²) in [5, 5.41) is 0. The Morgan fingerprint density at radius 2 is 0.400 bits per heavy atom. The third kappa shape index (κ3) is 0.0959. The molecule has 0 N–H and O–H groups in total. The van der Waals surface area contributed by atoms with E-state index in [-0.39, 0.29) is 0 Å². The van der Waals surface area contributed by atoms with Gasteiger partial charge in [-0.25, -0.2) is 0 Å². The van der Waals surface area contributed by atoms with Crippen molar-refractivity contribution in [3.63, 3.8) is 0 Å². The van der Waals surface area contributed by atoms with Crippen LogP contribution >= 0.6 is 0 Å². The van der Waals surface area contributed by atoms with Crippen LogP contribution in [-0.2, 0) is 0 Å². The van der Waals surface area contributed by atoms with Crippen molar-refractivity contribution >= 4 is 0 Å². The van der Waals surface area contributed by atoms with Gasteiger partial charge in [-0.2, -0.15) is 0 Å². The maximum Gasteiger partial charge on any atom is -0.00932 e. The Bertz CT molecular complexity index is 480. The Hall–Kier alpha value is 0. The molecule has 10 fully saturated rings. The number of rotatable bonds is 0. The summed E-state index contributed by atoms with van der Waals surface area (Å²) in [6.07, 6.45) is 0. The summed E-state index contributed by atoms with van der Waals surface area (Å²) in [5.74, 6) is 13.8. The summed E-state index contributed by atoms with van der Waals surface area (Å²) in [5.41, 5.74) is 5.75. The van der Waals surface area contributed by atoms with Gasteiger partial charge >= 0.3 is 0 Å². The van der Waals surface area contributed by atoms with E-state index in [0.717, 1.165) is 27.1 Å². The van der Waals surface area contributed by atoms with Gasteiger partial charge in [-0.3, -0.25) is 0 Å². The van der Waals surface area contributed by atoms with Crippen LogP contribution in [0, 0.1) is 86.3 Å². The zero-order valence-electron chi connectivity index (χ0n) is 8.27. The van der Waals surface area contributed by atoms with Gasteiger partial charge in [-0.05, 0) is 86.3 Å². The van der Waals surface area contributed by atoms with Crippen molar-refractivity contribution in [2.24, 2.45) is 86.3 Å². The molecule has 10 aliphatic carbocycles. The highest BCUT2D eigenvalue weighted by atomic mass is 15.4. The van der Waals surface area contributed by atoms with Crippen LogP contribution in [-0.4, -0.2) is 0 Å². The van der Waals surface area contributed by atoms with Crippen molar-refractivity contribution in [1.29, 1.82) is 0 Å². The summed E-state index contributed by atoms with van der Waals surface area (Å²) in [6.45, 7) is 0. The predicted molar refractivity (Wildman–Crippen MR) is 47.1 cm³/mol. The molecule has 0 saturated heterocycles. The van der Waals surface area contributed by atoms with Gasteiger partial charge in [0.25, 0.3) is 0 Å². The SMILES string of the molecule is C12C3C4C5C1C16C7C8C9C%10C7C51C4%10C39C286. The lowest BCUT2D eigenvalue weighted by Crippen LogP contribution is -3.03. The molecule has 0 nitrogen and oxygen atoms in total. The van der Waals surface area contributed by atoms with Gasteiger partial charge in [0, 0.05) is 0 Å². The smallest absolute Gasteiger partial charge is 0.00932 e. The van der Waals surface area contributed by atoms with Crippen molar-refractivity contribution < 1.29 is 0 Å². The van der Waals surface area contributed by atoms with Crippen LogP contribution in [0.1, 0.15) is 0 Å². The van der Waals surface area contributed by atoms with Gasteiger partial charge in [0.2, 0.25) is 0 Å². The van der Waals surface area contributed by atoms with Crippen molar-refractivity contribution in [3.8, 4) is 0 Å². The van der Waals surface area contributed by atoms with Crippen molar-refractivity contribution in [1.82, 2.24) is 0 Å². The second-order valence-corrected chi connectivity index (χ2v) is 9.60. The van der Waals surface area contributed by atoms with Gasteiger partial charge in [0.1, 0.15) is 0 Å². The zero-order chi connectivity index (χ0) is 8.27. The zero-order valence-corrected chi connectivity index (χ0v) is 8.27. The number of hydrogen-bond donors (Lipinski definition) is 0. The summed E-state index contributed by atoms with van der Waals surface area (Å²) in [7, 11) is 0. The minimum absolute atomic E-state index is 1.15. The maximum absolute atomic E-state index is 1.38. The molecule has 0 heterocycles. The van der Waals surface area contributed by atoms with Gasteiger partial charge in [0.05, 0.1) is 0 Å². The van der Waals surface area contributed by atoms with Crippen LogP contribution in [0.3, 0.4) is 0 Å². The summed E-state index contributed by atoms with van der Waals surface area (Å²) in [4.78, 5) is 0. The van der Waals surface area contributed by atoms with Gasteiger partial charge in [-0.1, -0.05) is 0 Å². The Balaban J connectivity index is 1.69. The fourth-order valence-corrected chi connectivity index (χ4v) is 15.3. The molecule has 0 amide bonds. The van der Waals surface area contributed by atoms with E-state index < -0.39 is 0 Å². The maximum atomic E-state index is 1.38. The molecule has 0 aromatic heterocycles. The van der Waals surface area contributed by atoms with Crippen LogP contribution in [0.25, 0.3) is 0 Å². The first kappa shape index (κ1) is 4.70. The largest absolute Gasteiger partial charge is 0.0269 e. The van der Waals surface area contributed by atoms with E-state index in [1.54, 1.807) is 0 Å². The lowest BCUT2D eigenvalue weighted by Gasteiger charge is -3.05. The molecule has 10 aliphatic rings. The Morgan fingerprint density at radius 1 is 0.267 bits per heavy atom. The van der Waals surface area contributed by atoms with Crippen LogP contribution < -0.4 is 0 Å². The average Bonchev–Trinajstić information content (AvgIpc) is 2.32. The Labute approximate surface area is 86.8 Å². The van der Waals surface area contributed by atoms with Crippen molar-refractivity contribution in [2.45, 2.75) is 0 Å².